The molecule has 0 aromatic rings. The van der Waals surface area contributed by atoms with E-state index in [1.165, 1.54) is 0 Å². The number of hydrogen-bond donors (Lipinski definition) is 1. The number of ether oxygens (including phenoxy) is 1. The summed E-state index contributed by atoms with van der Waals surface area (Å²) in [7, 11) is 0. The predicted molar refractivity (Wildman–Crippen MR) is 51.4 cm³/mol. The van der Waals surface area contributed by atoms with Gasteiger partial charge in [-0.1, -0.05) is 12.8 Å². The lowest BCUT2D eigenvalue weighted by Crippen LogP contribution is -2.03. The van der Waals surface area contributed by atoms with Gasteiger partial charge in [0.2, 0.25) is 0 Å². The third-order valence-corrected chi connectivity index (χ3v) is 1.81. The Hall–Kier alpha value is -0.570. The van der Waals surface area contributed by atoms with Crippen LogP contribution in [0.3, 0.4) is 0 Å². The zero-order valence-corrected chi connectivity index (χ0v) is 8.58. The van der Waals surface area contributed by atoms with E-state index in [4.69, 9.17) is 9.84 Å². The molecule has 0 rings (SSSR count). The minimum absolute atomic E-state index is 0.112. The molecule has 0 amide bonds. The Morgan fingerprint density at radius 2 is 2.08 bits per heavy atom. The molecule has 0 bridgehead atoms. The number of rotatable bonds is 7. The van der Waals surface area contributed by atoms with Crippen LogP contribution >= 0.6 is 0 Å². The van der Waals surface area contributed by atoms with Crippen LogP contribution in [0.15, 0.2) is 0 Å². The second-order valence-corrected chi connectivity index (χ2v) is 3.25. The Morgan fingerprint density at radius 3 is 2.62 bits per heavy atom. The van der Waals surface area contributed by atoms with Crippen LogP contribution < -0.4 is 0 Å². The van der Waals surface area contributed by atoms with Crippen LogP contribution in [0.1, 0.15) is 46.0 Å². The first kappa shape index (κ1) is 12.4. The lowest BCUT2D eigenvalue weighted by molar-refractivity contribution is -0.143. The largest absolute Gasteiger partial charge is 0.466 e. The molecule has 0 aromatic heterocycles. The average Bonchev–Trinajstić information content (AvgIpc) is 2.03. The number of aliphatic hydroxyl groups excluding tert-OH is 1. The maximum absolute atomic E-state index is 10.9. The topological polar surface area (TPSA) is 46.5 Å². The van der Waals surface area contributed by atoms with Crippen molar-refractivity contribution in [3.05, 3.63) is 0 Å². The Labute approximate surface area is 80.1 Å². The van der Waals surface area contributed by atoms with Crippen molar-refractivity contribution in [3.8, 4) is 0 Å². The van der Waals surface area contributed by atoms with Gasteiger partial charge in [-0.3, -0.25) is 4.79 Å². The molecule has 0 aliphatic rings. The third kappa shape index (κ3) is 9.34. The minimum Gasteiger partial charge on any atom is -0.466 e. The Balaban J connectivity index is 3.11. The fourth-order valence-electron chi connectivity index (χ4n) is 1.12. The fraction of sp³-hybridized carbons (Fsp3) is 0.900. The molecule has 0 aliphatic heterocycles. The van der Waals surface area contributed by atoms with Crippen molar-refractivity contribution in [2.75, 3.05) is 6.61 Å². The summed E-state index contributed by atoms with van der Waals surface area (Å²) >= 11 is 0. The van der Waals surface area contributed by atoms with Gasteiger partial charge in [-0.25, -0.2) is 0 Å². The molecule has 13 heavy (non-hydrogen) atoms. The minimum atomic E-state index is -0.220. The van der Waals surface area contributed by atoms with Crippen molar-refractivity contribution in [3.63, 3.8) is 0 Å². The molecule has 0 radical (unpaired) electrons. The Morgan fingerprint density at radius 1 is 1.38 bits per heavy atom. The van der Waals surface area contributed by atoms with Crippen LogP contribution in [0.25, 0.3) is 0 Å². The number of carbonyl (C=O) groups excluding carboxylic acids is 1. The van der Waals surface area contributed by atoms with Gasteiger partial charge < -0.3 is 9.84 Å². The van der Waals surface area contributed by atoms with Gasteiger partial charge in [-0.05, 0) is 26.7 Å². The summed E-state index contributed by atoms with van der Waals surface area (Å²) in [6.45, 7) is 4.06. The zero-order chi connectivity index (χ0) is 10.1. The number of carbonyl (C=O) groups is 1. The van der Waals surface area contributed by atoms with Crippen molar-refractivity contribution in [1.29, 1.82) is 0 Å². The summed E-state index contributed by atoms with van der Waals surface area (Å²) in [6, 6.07) is 0. The van der Waals surface area contributed by atoms with E-state index >= 15 is 0 Å². The van der Waals surface area contributed by atoms with Crippen molar-refractivity contribution in [1.82, 2.24) is 0 Å². The lowest BCUT2D eigenvalue weighted by atomic mass is 10.1. The standard InChI is InChI=1S/C10H20O3/c1-3-13-10(12)8-6-4-5-7-9(2)11/h9,11H,3-8H2,1-2H3. The Kier molecular flexibility index (Phi) is 7.69. The van der Waals surface area contributed by atoms with Crippen LogP contribution in [0, 0.1) is 0 Å². The quantitative estimate of drug-likeness (QED) is 0.490. The molecule has 0 saturated heterocycles. The number of hydrogen-bond acceptors (Lipinski definition) is 3. The summed E-state index contributed by atoms with van der Waals surface area (Å²) in [5.41, 5.74) is 0. The van der Waals surface area contributed by atoms with Crippen molar-refractivity contribution >= 4 is 5.97 Å². The number of unbranched alkanes of at least 4 members (excludes halogenated alkanes) is 2. The summed E-state index contributed by atoms with van der Waals surface area (Å²) in [5, 5.41) is 8.95. The molecule has 1 atom stereocenters. The van der Waals surface area contributed by atoms with Crippen LogP contribution in [-0.2, 0) is 9.53 Å². The zero-order valence-electron chi connectivity index (χ0n) is 8.58. The monoisotopic (exact) mass is 188 g/mol. The molecule has 0 saturated carbocycles. The molecule has 78 valence electrons. The SMILES string of the molecule is CCOC(=O)CCCCCC(C)O. The first-order valence-electron chi connectivity index (χ1n) is 5.00. The molecule has 1 unspecified atom stereocenters. The molecule has 3 heteroatoms. The van der Waals surface area contributed by atoms with E-state index in [0.717, 1.165) is 25.7 Å². The highest BCUT2D eigenvalue weighted by Gasteiger charge is 2.01. The van der Waals surface area contributed by atoms with Crippen LogP contribution in [0.2, 0.25) is 0 Å². The van der Waals surface area contributed by atoms with Crippen molar-refractivity contribution < 1.29 is 14.6 Å². The van der Waals surface area contributed by atoms with E-state index in [-0.39, 0.29) is 12.1 Å². The van der Waals surface area contributed by atoms with Gasteiger partial charge in [0.1, 0.15) is 0 Å². The van der Waals surface area contributed by atoms with Crippen LogP contribution in [0.4, 0.5) is 0 Å². The summed E-state index contributed by atoms with van der Waals surface area (Å²) in [4.78, 5) is 10.9. The van der Waals surface area contributed by atoms with E-state index in [1.54, 1.807) is 6.92 Å². The number of aliphatic hydroxyl groups is 1. The maximum atomic E-state index is 10.9. The van der Waals surface area contributed by atoms with Crippen LogP contribution in [0.5, 0.6) is 0 Å². The van der Waals surface area contributed by atoms with E-state index in [9.17, 15) is 4.79 Å². The van der Waals surface area contributed by atoms with Gasteiger partial charge in [0.15, 0.2) is 0 Å². The molecule has 3 nitrogen and oxygen atoms in total. The molecule has 0 aliphatic carbocycles. The molecular formula is C10H20O3. The molecule has 0 fully saturated rings. The smallest absolute Gasteiger partial charge is 0.305 e. The van der Waals surface area contributed by atoms with Crippen molar-refractivity contribution in [2.24, 2.45) is 0 Å². The molecule has 0 spiro atoms. The van der Waals surface area contributed by atoms with Gasteiger partial charge in [0.05, 0.1) is 12.7 Å². The lowest BCUT2D eigenvalue weighted by Gasteiger charge is -2.03. The molecule has 0 heterocycles. The van der Waals surface area contributed by atoms with Crippen LogP contribution in [-0.4, -0.2) is 23.8 Å². The fourth-order valence-corrected chi connectivity index (χ4v) is 1.12. The van der Waals surface area contributed by atoms with E-state index in [2.05, 4.69) is 0 Å². The highest BCUT2D eigenvalue weighted by Crippen LogP contribution is 2.05. The second-order valence-electron chi connectivity index (χ2n) is 3.25. The highest BCUT2D eigenvalue weighted by atomic mass is 16.5. The normalized spacial score (nSPS) is 12.5. The summed E-state index contributed by atoms with van der Waals surface area (Å²) in [6.07, 6.45) is 3.95. The molecular weight excluding hydrogens is 168 g/mol. The average molecular weight is 188 g/mol. The van der Waals surface area contributed by atoms with Gasteiger partial charge in [0.25, 0.3) is 0 Å². The van der Waals surface area contributed by atoms with Crippen molar-refractivity contribution in [2.45, 2.75) is 52.1 Å². The summed E-state index contributed by atoms with van der Waals surface area (Å²) in [5.74, 6) is -0.112. The molecule has 0 aromatic carbocycles. The third-order valence-electron chi connectivity index (χ3n) is 1.81. The second kappa shape index (κ2) is 8.05. The van der Waals surface area contributed by atoms with E-state index in [1.807, 2.05) is 6.92 Å². The van der Waals surface area contributed by atoms with Gasteiger partial charge >= 0.3 is 5.97 Å². The first-order valence-corrected chi connectivity index (χ1v) is 5.00. The predicted octanol–water partition coefficient (Wildman–Crippen LogP) is 1.88. The van der Waals surface area contributed by atoms with E-state index < -0.39 is 0 Å². The Bertz CT molecular complexity index is 132. The van der Waals surface area contributed by atoms with Gasteiger partial charge in [-0.15, -0.1) is 0 Å². The van der Waals surface area contributed by atoms with E-state index in [0.29, 0.717) is 13.0 Å². The number of esters is 1. The molecule has 1 N–H and O–H groups in total. The van der Waals surface area contributed by atoms with Gasteiger partial charge in [0, 0.05) is 6.42 Å². The van der Waals surface area contributed by atoms with Gasteiger partial charge in [-0.2, -0.15) is 0 Å². The first-order chi connectivity index (χ1) is 6.16. The summed E-state index contributed by atoms with van der Waals surface area (Å²) < 4.78 is 4.78. The maximum Gasteiger partial charge on any atom is 0.305 e. The highest BCUT2D eigenvalue weighted by molar-refractivity contribution is 5.69.